The third-order valence-corrected chi connectivity index (χ3v) is 3.89. The molecule has 0 radical (unpaired) electrons. The predicted octanol–water partition coefficient (Wildman–Crippen LogP) is 4.24. The number of hydrogen-bond donors (Lipinski definition) is 2. The van der Waals surface area contributed by atoms with Gasteiger partial charge in [0.25, 0.3) is 0 Å². The number of rotatable bonds is 8. The highest BCUT2D eigenvalue weighted by Gasteiger charge is 2.11. The fourth-order valence-electron chi connectivity index (χ4n) is 2.40. The van der Waals surface area contributed by atoms with Gasteiger partial charge >= 0.3 is 6.03 Å². The largest absolute Gasteiger partial charge is 0.493 e. The molecule has 0 aromatic heterocycles. The Labute approximate surface area is 164 Å². The van der Waals surface area contributed by atoms with Crippen LogP contribution >= 0.6 is 11.6 Å². The molecule has 0 aliphatic rings. The van der Waals surface area contributed by atoms with E-state index in [2.05, 4.69) is 10.6 Å². The lowest BCUT2D eigenvalue weighted by atomic mass is 10.1. The molecule has 0 atom stereocenters. The maximum atomic E-state index is 11.6. The number of amides is 2. The van der Waals surface area contributed by atoms with Crippen molar-refractivity contribution in [3.63, 3.8) is 0 Å². The number of ether oxygens (including phenoxy) is 3. The number of carbonyl (C=O) groups excluding carboxylic acids is 1. The maximum absolute atomic E-state index is 11.6. The van der Waals surface area contributed by atoms with Crippen molar-refractivity contribution in [3.8, 4) is 17.2 Å². The van der Waals surface area contributed by atoms with Gasteiger partial charge in [-0.1, -0.05) is 24.3 Å². The van der Waals surface area contributed by atoms with Crippen LogP contribution in [0.4, 0.5) is 10.5 Å². The molecular formula is C20H23ClN2O4. The van der Waals surface area contributed by atoms with Gasteiger partial charge < -0.3 is 24.8 Å². The number of halogens is 1. The molecule has 2 aromatic carbocycles. The van der Waals surface area contributed by atoms with Crippen molar-refractivity contribution in [2.75, 3.05) is 39.1 Å². The number of urea groups is 1. The van der Waals surface area contributed by atoms with E-state index in [9.17, 15) is 4.79 Å². The van der Waals surface area contributed by atoms with E-state index >= 15 is 0 Å². The SMILES string of the molecule is COc1cc(/C=C\c2ccc(NC(=O)NCCCl)cc2)cc(OC)c1OC. The van der Waals surface area contributed by atoms with E-state index in [0.717, 1.165) is 11.1 Å². The molecule has 27 heavy (non-hydrogen) atoms. The van der Waals surface area contributed by atoms with Crippen LogP contribution in [0.2, 0.25) is 0 Å². The van der Waals surface area contributed by atoms with E-state index in [1.807, 2.05) is 48.6 Å². The summed E-state index contributed by atoms with van der Waals surface area (Å²) < 4.78 is 16.0. The van der Waals surface area contributed by atoms with E-state index < -0.39 is 0 Å². The van der Waals surface area contributed by atoms with Gasteiger partial charge in [0, 0.05) is 18.1 Å². The second kappa shape index (κ2) is 10.3. The Balaban J connectivity index is 2.10. The molecule has 0 saturated carbocycles. The summed E-state index contributed by atoms with van der Waals surface area (Å²) >= 11 is 5.54. The molecule has 6 nitrogen and oxygen atoms in total. The number of alkyl halides is 1. The van der Waals surface area contributed by atoms with Gasteiger partial charge in [-0.2, -0.15) is 0 Å². The Morgan fingerprint density at radius 1 is 0.963 bits per heavy atom. The Hall–Kier alpha value is -2.86. The van der Waals surface area contributed by atoms with Crippen LogP contribution in [0.1, 0.15) is 11.1 Å². The van der Waals surface area contributed by atoms with E-state index in [-0.39, 0.29) is 6.03 Å². The second-order valence-electron chi connectivity index (χ2n) is 5.48. The van der Waals surface area contributed by atoms with Crippen molar-refractivity contribution in [2.45, 2.75) is 0 Å². The molecule has 0 bridgehead atoms. The molecule has 0 spiro atoms. The van der Waals surface area contributed by atoms with Crippen LogP contribution in [0.3, 0.4) is 0 Å². The average molecular weight is 391 g/mol. The van der Waals surface area contributed by atoms with Crippen LogP contribution in [-0.4, -0.2) is 39.8 Å². The summed E-state index contributed by atoms with van der Waals surface area (Å²) in [7, 11) is 4.74. The van der Waals surface area contributed by atoms with Gasteiger partial charge in [-0.15, -0.1) is 11.6 Å². The lowest BCUT2D eigenvalue weighted by Gasteiger charge is -2.12. The third kappa shape index (κ3) is 5.82. The molecule has 0 heterocycles. The Morgan fingerprint density at radius 3 is 2.07 bits per heavy atom. The van der Waals surface area contributed by atoms with Gasteiger partial charge in [-0.3, -0.25) is 0 Å². The lowest BCUT2D eigenvalue weighted by molar-refractivity contribution is 0.252. The van der Waals surface area contributed by atoms with Crippen LogP contribution in [0, 0.1) is 0 Å². The highest BCUT2D eigenvalue weighted by Crippen LogP contribution is 2.38. The minimum atomic E-state index is -0.281. The summed E-state index contributed by atoms with van der Waals surface area (Å²) in [5.41, 5.74) is 2.59. The molecular weight excluding hydrogens is 368 g/mol. The first-order chi connectivity index (χ1) is 13.1. The van der Waals surface area contributed by atoms with Gasteiger partial charge in [0.1, 0.15) is 0 Å². The topological polar surface area (TPSA) is 68.8 Å². The van der Waals surface area contributed by atoms with Crippen LogP contribution < -0.4 is 24.8 Å². The molecule has 2 N–H and O–H groups in total. The first-order valence-corrected chi connectivity index (χ1v) is 8.83. The second-order valence-corrected chi connectivity index (χ2v) is 5.86. The summed E-state index contributed by atoms with van der Waals surface area (Å²) in [6.45, 7) is 0.420. The number of methoxy groups -OCH3 is 3. The summed E-state index contributed by atoms with van der Waals surface area (Å²) in [4.78, 5) is 11.6. The van der Waals surface area contributed by atoms with Crippen LogP contribution in [0.5, 0.6) is 17.2 Å². The molecule has 7 heteroatoms. The molecule has 0 unspecified atom stereocenters. The van der Waals surface area contributed by atoms with Crippen molar-refractivity contribution < 1.29 is 19.0 Å². The third-order valence-electron chi connectivity index (χ3n) is 3.70. The number of anilines is 1. The first kappa shape index (κ1) is 20.5. The fourth-order valence-corrected chi connectivity index (χ4v) is 2.50. The van der Waals surface area contributed by atoms with E-state index in [1.165, 1.54) is 0 Å². The van der Waals surface area contributed by atoms with Gasteiger partial charge in [-0.05, 0) is 35.4 Å². The quantitative estimate of drug-likeness (QED) is 0.522. The molecule has 144 valence electrons. The number of nitrogens with one attached hydrogen (secondary N) is 2. The van der Waals surface area contributed by atoms with Crippen LogP contribution in [0.25, 0.3) is 12.2 Å². The Morgan fingerprint density at radius 2 is 1.56 bits per heavy atom. The van der Waals surface area contributed by atoms with Gasteiger partial charge in [0.15, 0.2) is 11.5 Å². The predicted molar refractivity (Wildman–Crippen MR) is 109 cm³/mol. The highest BCUT2D eigenvalue weighted by atomic mass is 35.5. The van der Waals surface area contributed by atoms with Gasteiger partial charge in [0.05, 0.1) is 21.3 Å². The summed E-state index contributed by atoms with van der Waals surface area (Å²) in [5.74, 6) is 2.12. The smallest absolute Gasteiger partial charge is 0.319 e. The van der Waals surface area contributed by atoms with Crippen LogP contribution in [-0.2, 0) is 0 Å². The molecule has 2 amide bonds. The molecule has 0 saturated heterocycles. The summed E-state index contributed by atoms with van der Waals surface area (Å²) in [5, 5.41) is 5.38. The Kier molecular flexibility index (Phi) is 7.82. The minimum Gasteiger partial charge on any atom is -0.493 e. The van der Waals surface area contributed by atoms with Crippen molar-refractivity contribution in [2.24, 2.45) is 0 Å². The summed E-state index contributed by atoms with van der Waals surface area (Å²) in [6, 6.07) is 10.9. The zero-order valence-electron chi connectivity index (χ0n) is 15.5. The van der Waals surface area contributed by atoms with E-state index in [0.29, 0.717) is 35.4 Å². The van der Waals surface area contributed by atoms with Gasteiger partial charge in [-0.25, -0.2) is 4.79 Å². The van der Waals surface area contributed by atoms with Crippen molar-refractivity contribution in [1.82, 2.24) is 5.32 Å². The lowest BCUT2D eigenvalue weighted by Crippen LogP contribution is -2.30. The normalized spacial score (nSPS) is 10.5. The number of carbonyl (C=O) groups is 1. The molecule has 2 rings (SSSR count). The average Bonchev–Trinajstić information content (AvgIpc) is 2.70. The maximum Gasteiger partial charge on any atom is 0.319 e. The molecule has 0 aliphatic heterocycles. The number of benzene rings is 2. The summed E-state index contributed by atoms with van der Waals surface area (Å²) in [6.07, 6.45) is 3.90. The van der Waals surface area contributed by atoms with Gasteiger partial charge in [0.2, 0.25) is 5.75 Å². The fraction of sp³-hybridized carbons (Fsp3) is 0.250. The number of hydrogen-bond acceptors (Lipinski definition) is 4. The molecule has 0 aliphatic carbocycles. The standard InChI is InChI=1S/C20H23ClN2O4/c1-25-17-12-15(13-18(26-2)19(17)27-3)5-4-14-6-8-16(9-7-14)23-20(24)22-11-10-21/h4-9,12-13H,10-11H2,1-3H3,(H2,22,23,24)/b5-4-. The first-order valence-electron chi connectivity index (χ1n) is 8.30. The zero-order chi connectivity index (χ0) is 19.6. The van der Waals surface area contributed by atoms with Crippen molar-refractivity contribution in [1.29, 1.82) is 0 Å². The van der Waals surface area contributed by atoms with Crippen molar-refractivity contribution >= 4 is 35.5 Å². The minimum absolute atomic E-state index is 0.281. The monoisotopic (exact) mass is 390 g/mol. The van der Waals surface area contributed by atoms with E-state index in [4.69, 9.17) is 25.8 Å². The Bertz CT molecular complexity index is 766. The van der Waals surface area contributed by atoms with Crippen molar-refractivity contribution in [3.05, 3.63) is 47.5 Å². The van der Waals surface area contributed by atoms with Crippen LogP contribution in [0.15, 0.2) is 36.4 Å². The highest BCUT2D eigenvalue weighted by molar-refractivity contribution is 6.18. The zero-order valence-corrected chi connectivity index (χ0v) is 16.3. The molecule has 2 aromatic rings. The van der Waals surface area contributed by atoms with E-state index in [1.54, 1.807) is 21.3 Å². The molecule has 0 fully saturated rings.